The Bertz CT molecular complexity index is 1070. The highest BCUT2D eigenvalue weighted by Crippen LogP contribution is 2.41. The predicted molar refractivity (Wildman–Crippen MR) is 117 cm³/mol. The van der Waals surface area contributed by atoms with Crippen molar-refractivity contribution >= 4 is 50.0 Å². The van der Waals surface area contributed by atoms with E-state index in [2.05, 4.69) is 4.99 Å². The molecule has 29 heavy (non-hydrogen) atoms. The van der Waals surface area contributed by atoms with Crippen LogP contribution in [0.3, 0.4) is 0 Å². The summed E-state index contributed by atoms with van der Waals surface area (Å²) in [6.45, 7) is 0. The first-order chi connectivity index (χ1) is 13.9. The molecule has 0 aliphatic carbocycles. The molecule has 2 atom stereocenters. The third kappa shape index (κ3) is 4.29. The van der Waals surface area contributed by atoms with E-state index in [-0.39, 0.29) is 35.1 Å². The van der Waals surface area contributed by atoms with E-state index in [9.17, 15) is 13.2 Å². The van der Waals surface area contributed by atoms with Gasteiger partial charge in [0, 0.05) is 16.0 Å². The molecule has 2 aromatic rings. The lowest BCUT2D eigenvalue weighted by atomic mass is 10.1. The quantitative estimate of drug-likeness (QED) is 0.712. The van der Waals surface area contributed by atoms with E-state index >= 15 is 0 Å². The van der Waals surface area contributed by atoms with Crippen molar-refractivity contribution in [2.75, 3.05) is 23.5 Å². The fraction of sp³-hybridized carbons (Fsp3) is 0.300. The number of anilines is 1. The van der Waals surface area contributed by atoms with Crippen LogP contribution >= 0.6 is 23.4 Å². The van der Waals surface area contributed by atoms with Crippen LogP contribution < -0.4 is 9.64 Å². The summed E-state index contributed by atoms with van der Waals surface area (Å²) >= 11 is 7.50. The molecule has 2 aromatic carbocycles. The molecule has 2 fully saturated rings. The normalized spacial score (nSPS) is 23.9. The van der Waals surface area contributed by atoms with Gasteiger partial charge in [-0.25, -0.2) is 8.42 Å². The molecule has 9 heteroatoms. The van der Waals surface area contributed by atoms with Crippen molar-refractivity contribution in [3.63, 3.8) is 0 Å². The molecule has 0 aromatic heterocycles. The summed E-state index contributed by atoms with van der Waals surface area (Å²) < 4.78 is 29.5. The number of amides is 1. The van der Waals surface area contributed by atoms with Crippen molar-refractivity contribution in [3.8, 4) is 5.75 Å². The highest BCUT2D eigenvalue weighted by atomic mass is 35.5. The van der Waals surface area contributed by atoms with Crippen LogP contribution in [-0.2, 0) is 21.1 Å². The summed E-state index contributed by atoms with van der Waals surface area (Å²) in [5.41, 5.74) is 1.50. The van der Waals surface area contributed by atoms with Crippen molar-refractivity contribution in [2.24, 2.45) is 4.99 Å². The second-order valence-electron chi connectivity index (χ2n) is 6.92. The number of hydrogen-bond acceptors (Lipinski definition) is 5. The molecule has 1 amide bonds. The molecular weight excluding hydrogens is 432 g/mol. The average molecular weight is 451 g/mol. The van der Waals surface area contributed by atoms with Crippen LogP contribution in [-0.4, -0.2) is 49.4 Å². The van der Waals surface area contributed by atoms with Gasteiger partial charge < -0.3 is 9.64 Å². The second kappa shape index (κ2) is 8.01. The zero-order valence-electron chi connectivity index (χ0n) is 15.6. The molecule has 6 nitrogen and oxygen atoms in total. The topological polar surface area (TPSA) is 76.0 Å². The first-order valence-corrected chi connectivity index (χ1v) is 12.1. The van der Waals surface area contributed by atoms with Gasteiger partial charge in [-0.3, -0.25) is 4.79 Å². The number of nitrogens with zero attached hydrogens (tertiary/aromatic N) is 2. The minimum Gasteiger partial charge on any atom is -0.497 e. The van der Waals surface area contributed by atoms with Crippen molar-refractivity contribution in [2.45, 2.75) is 17.7 Å². The van der Waals surface area contributed by atoms with E-state index in [0.29, 0.717) is 21.5 Å². The summed E-state index contributed by atoms with van der Waals surface area (Å²) in [6.07, 6.45) is 0.0911. The highest BCUT2D eigenvalue weighted by Gasteiger charge is 2.49. The monoisotopic (exact) mass is 450 g/mol. The first-order valence-electron chi connectivity index (χ1n) is 9.01. The standard InChI is InChI=1S/C20H19ClN2O4S2/c1-27-15-8-6-14(7-9-15)23-17-11-29(25,26)12-18(17)28-20(23)22-19(24)10-13-4-2-3-5-16(13)21/h2-9,17-18H,10-12H2,1H3/t17-,18-/m0/s1. The zero-order chi connectivity index (χ0) is 20.6. The number of halogens is 1. The van der Waals surface area contributed by atoms with Crippen LogP contribution in [0.15, 0.2) is 53.5 Å². The summed E-state index contributed by atoms with van der Waals surface area (Å²) in [5, 5.41) is 0.904. The Morgan fingerprint density at radius 2 is 1.93 bits per heavy atom. The van der Waals surface area contributed by atoms with E-state index in [1.807, 2.05) is 29.2 Å². The predicted octanol–water partition coefficient (Wildman–Crippen LogP) is 3.19. The number of sulfone groups is 1. The number of hydrogen-bond donors (Lipinski definition) is 0. The molecule has 2 saturated heterocycles. The molecule has 0 radical (unpaired) electrons. The fourth-order valence-corrected chi connectivity index (χ4v) is 7.69. The number of methoxy groups -OCH3 is 1. The lowest BCUT2D eigenvalue weighted by Crippen LogP contribution is -2.37. The number of benzene rings is 2. The van der Waals surface area contributed by atoms with Gasteiger partial charge in [0.1, 0.15) is 5.75 Å². The fourth-order valence-electron chi connectivity index (χ4n) is 3.56. The van der Waals surface area contributed by atoms with Gasteiger partial charge in [-0.2, -0.15) is 4.99 Å². The number of fused-ring (bicyclic) bond motifs is 1. The van der Waals surface area contributed by atoms with Gasteiger partial charge in [0.25, 0.3) is 5.91 Å². The van der Waals surface area contributed by atoms with E-state index in [1.165, 1.54) is 11.8 Å². The number of ether oxygens (including phenoxy) is 1. The Kier molecular flexibility index (Phi) is 5.59. The van der Waals surface area contributed by atoms with Crippen LogP contribution in [0.1, 0.15) is 5.56 Å². The molecule has 0 saturated carbocycles. The number of rotatable bonds is 4. The second-order valence-corrected chi connectivity index (χ2v) is 10.7. The Labute approximate surface area is 178 Å². The van der Waals surface area contributed by atoms with Crippen molar-refractivity contribution in [3.05, 3.63) is 59.1 Å². The van der Waals surface area contributed by atoms with Crippen LogP contribution in [0.25, 0.3) is 0 Å². The van der Waals surface area contributed by atoms with Crippen molar-refractivity contribution in [1.82, 2.24) is 0 Å². The summed E-state index contributed by atoms with van der Waals surface area (Å²) in [5.74, 6) is 0.521. The van der Waals surface area contributed by atoms with Crippen molar-refractivity contribution < 1.29 is 17.9 Å². The van der Waals surface area contributed by atoms with Gasteiger partial charge in [-0.1, -0.05) is 41.6 Å². The molecule has 0 unspecified atom stereocenters. The van der Waals surface area contributed by atoms with Crippen LogP contribution in [0, 0.1) is 0 Å². The first kappa shape index (κ1) is 20.3. The number of carbonyl (C=O) groups excluding carboxylic acids is 1. The molecule has 4 rings (SSSR count). The van der Waals surface area contributed by atoms with Gasteiger partial charge in [0.05, 0.1) is 31.1 Å². The van der Waals surface area contributed by atoms with E-state index in [4.69, 9.17) is 16.3 Å². The third-order valence-electron chi connectivity index (χ3n) is 4.94. The van der Waals surface area contributed by atoms with Gasteiger partial charge >= 0.3 is 0 Å². The van der Waals surface area contributed by atoms with Gasteiger partial charge in [0.15, 0.2) is 15.0 Å². The van der Waals surface area contributed by atoms with Gasteiger partial charge in [-0.15, -0.1) is 0 Å². The lowest BCUT2D eigenvalue weighted by molar-refractivity contribution is -0.117. The maximum atomic E-state index is 12.6. The minimum absolute atomic E-state index is 0.0500. The number of aliphatic imine (C=N–C) groups is 1. The highest BCUT2D eigenvalue weighted by molar-refractivity contribution is 8.16. The van der Waals surface area contributed by atoms with Crippen LogP contribution in [0.5, 0.6) is 5.75 Å². The largest absolute Gasteiger partial charge is 0.497 e. The Hall–Kier alpha value is -2.03. The molecule has 152 valence electrons. The molecule has 0 bridgehead atoms. The minimum atomic E-state index is -3.11. The molecular formula is C20H19ClN2O4S2. The number of amidine groups is 1. The van der Waals surface area contributed by atoms with Crippen molar-refractivity contribution in [1.29, 1.82) is 0 Å². The maximum Gasteiger partial charge on any atom is 0.252 e. The lowest BCUT2D eigenvalue weighted by Gasteiger charge is -2.24. The van der Waals surface area contributed by atoms with E-state index < -0.39 is 9.84 Å². The average Bonchev–Trinajstić information content (AvgIpc) is 3.14. The molecule has 0 spiro atoms. The Morgan fingerprint density at radius 3 is 2.62 bits per heavy atom. The summed E-state index contributed by atoms with van der Waals surface area (Å²) in [7, 11) is -1.53. The molecule has 2 aliphatic rings. The van der Waals surface area contributed by atoms with Crippen LogP contribution in [0.4, 0.5) is 5.69 Å². The molecule has 2 aliphatic heterocycles. The van der Waals surface area contributed by atoms with E-state index in [0.717, 1.165) is 5.69 Å². The SMILES string of the molecule is COc1ccc(N2C(=NC(=O)Cc3ccccc3Cl)S[C@H]3CS(=O)(=O)C[C@@H]32)cc1. The Balaban J connectivity index is 1.64. The van der Waals surface area contributed by atoms with Crippen LogP contribution in [0.2, 0.25) is 5.02 Å². The number of carbonyl (C=O) groups is 1. The summed E-state index contributed by atoms with van der Waals surface area (Å²) in [4.78, 5) is 18.8. The third-order valence-corrected chi connectivity index (χ3v) is 8.52. The zero-order valence-corrected chi connectivity index (χ0v) is 18.0. The van der Waals surface area contributed by atoms with Gasteiger partial charge in [-0.05, 0) is 35.9 Å². The maximum absolute atomic E-state index is 12.6. The Morgan fingerprint density at radius 1 is 1.21 bits per heavy atom. The number of thioether (sulfide) groups is 1. The molecule has 2 heterocycles. The molecule has 0 N–H and O–H groups in total. The summed E-state index contributed by atoms with van der Waals surface area (Å²) in [6, 6.07) is 14.2. The smallest absolute Gasteiger partial charge is 0.252 e. The van der Waals surface area contributed by atoms with Gasteiger partial charge in [0.2, 0.25) is 0 Å². The van der Waals surface area contributed by atoms with E-state index in [1.54, 1.807) is 31.4 Å².